The maximum Gasteiger partial charge on any atom is 0.144 e. The number of aliphatic hydroxyl groups is 2. The molecule has 0 radical (unpaired) electrons. The molecule has 6 heteroatoms. The van der Waals surface area contributed by atoms with E-state index in [4.69, 9.17) is 9.47 Å². The predicted octanol–water partition coefficient (Wildman–Crippen LogP) is 4.09. The minimum atomic E-state index is -0.329. The second kappa shape index (κ2) is 10.5. The maximum atomic E-state index is 10.0. The van der Waals surface area contributed by atoms with Gasteiger partial charge in [-0.05, 0) is 56.8 Å². The van der Waals surface area contributed by atoms with Crippen LogP contribution in [0, 0.1) is 12.8 Å². The van der Waals surface area contributed by atoms with E-state index in [2.05, 4.69) is 24.9 Å². The summed E-state index contributed by atoms with van der Waals surface area (Å²) in [5.74, 6) is 0.196. The average molecular weight is 396 g/mol. The number of aromatic nitrogens is 1. The third-order valence-corrected chi connectivity index (χ3v) is 5.99. The first-order valence-electron chi connectivity index (χ1n) is 9.68. The second-order valence-electron chi connectivity index (χ2n) is 7.46. The second-order valence-corrected chi connectivity index (χ2v) is 8.52. The zero-order valence-corrected chi connectivity index (χ0v) is 17.8. The van der Waals surface area contributed by atoms with Crippen LogP contribution in [0.3, 0.4) is 0 Å². The molecule has 5 nitrogen and oxygen atoms in total. The van der Waals surface area contributed by atoms with E-state index in [9.17, 15) is 10.2 Å². The number of ether oxygens (including phenoxy) is 2. The molecular formula is C21H33NO4S. The van der Waals surface area contributed by atoms with Gasteiger partial charge in [0.25, 0.3) is 0 Å². The lowest BCUT2D eigenvalue weighted by Gasteiger charge is -2.24. The number of hydrogen-bond acceptors (Lipinski definition) is 6. The molecule has 0 saturated carbocycles. The number of nitrogens with zero attached hydrogens (tertiary/aromatic N) is 1. The van der Waals surface area contributed by atoms with Crippen molar-refractivity contribution in [1.29, 1.82) is 0 Å². The van der Waals surface area contributed by atoms with Crippen molar-refractivity contribution in [1.82, 2.24) is 4.98 Å². The van der Waals surface area contributed by atoms with Gasteiger partial charge in [-0.1, -0.05) is 19.9 Å². The highest BCUT2D eigenvalue weighted by Gasteiger charge is 2.30. The molecule has 0 aliphatic carbocycles. The molecule has 2 heterocycles. The molecule has 27 heavy (non-hydrogen) atoms. The Labute approximate surface area is 166 Å². The van der Waals surface area contributed by atoms with Gasteiger partial charge in [0, 0.05) is 11.8 Å². The van der Waals surface area contributed by atoms with E-state index >= 15 is 0 Å². The number of rotatable bonds is 10. The van der Waals surface area contributed by atoms with Crippen LogP contribution in [0.25, 0.3) is 6.08 Å². The summed E-state index contributed by atoms with van der Waals surface area (Å²) in [7, 11) is 0. The summed E-state index contributed by atoms with van der Waals surface area (Å²) in [6.45, 7) is 9.79. The maximum absolute atomic E-state index is 10.0. The minimum Gasteiger partial charge on any atom is -0.393 e. The standard InChI is InChI=1S/C21H33NO4S/c1-6-19(24)13(2)8-18-9-15(4)21(26-18)10-20(25-12-23)14(3)7-17-11-27-16(5)22-17/h7,9,11,13,18-21,23-24H,6,8,10,12H2,1-5H3/b14-7+/t13-,18?,19+,20-,21?/m0/s1. The van der Waals surface area contributed by atoms with Crippen molar-refractivity contribution in [3.05, 3.63) is 33.3 Å². The molecule has 2 rings (SSSR count). The summed E-state index contributed by atoms with van der Waals surface area (Å²) < 4.78 is 11.8. The Morgan fingerprint density at radius 3 is 2.74 bits per heavy atom. The molecule has 152 valence electrons. The molecule has 1 aliphatic heterocycles. The fourth-order valence-corrected chi connectivity index (χ4v) is 4.06. The van der Waals surface area contributed by atoms with E-state index in [0.717, 1.165) is 29.1 Å². The topological polar surface area (TPSA) is 71.8 Å². The summed E-state index contributed by atoms with van der Waals surface area (Å²) in [4.78, 5) is 4.47. The van der Waals surface area contributed by atoms with Gasteiger partial charge in [-0.25, -0.2) is 4.98 Å². The Kier molecular flexibility index (Phi) is 8.63. The van der Waals surface area contributed by atoms with Gasteiger partial charge in [-0.2, -0.15) is 0 Å². The Morgan fingerprint density at radius 2 is 2.15 bits per heavy atom. The van der Waals surface area contributed by atoms with Gasteiger partial charge in [0.2, 0.25) is 0 Å². The number of aryl methyl sites for hydroxylation is 1. The highest BCUT2D eigenvalue weighted by atomic mass is 32.1. The fraction of sp³-hybridized carbons (Fsp3) is 0.667. The molecule has 0 aromatic carbocycles. The van der Waals surface area contributed by atoms with Gasteiger partial charge in [0.05, 0.1) is 35.1 Å². The van der Waals surface area contributed by atoms with E-state index < -0.39 is 0 Å². The zero-order valence-electron chi connectivity index (χ0n) is 17.0. The third-order valence-electron chi connectivity index (χ3n) is 5.20. The first-order chi connectivity index (χ1) is 12.8. The molecular weight excluding hydrogens is 362 g/mol. The quantitative estimate of drug-likeness (QED) is 0.461. The molecule has 1 aromatic rings. The van der Waals surface area contributed by atoms with E-state index in [1.165, 1.54) is 5.57 Å². The van der Waals surface area contributed by atoms with Crippen LogP contribution in [0.5, 0.6) is 0 Å². The third kappa shape index (κ3) is 6.50. The van der Waals surface area contributed by atoms with Gasteiger partial charge in [0.1, 0.15) is 6.79 Å². The molecule has 2 N–H and O–H groups in total. The van der Waals surface area contributed by atoms with Gasteiger partial charge >= 0.3 is 0 Å². The van der Waals surface area contributed by atoms with Gasteiger partial charge in [-0.3, -0.25) is 0 Å². The van der Waals surface area contributed by atoms with Crippen molar-refractivity contribution in [2.75, 3.05) is 6.79 Å². The average Bonchev–Trinajstić information content (AvgIpc) is 3.18. The first-order valence-corrected chi connectivity index (χ1v) is 10.6. The fourth-order valence-electron chi connectivity index (χ4n) is 3.49. The Morgan fingerprint density at radius 1 is 1.41 bits per heavy atom. The molecule has 0 fully saturated rings. The highest BCUT2D eigenvalue weighted by Crippen LogP contribution is 2.30. The highest BCUT2D eigenvalue weighted by molar-refractivity contribution is 7.09. The van der Waals surface area contributed by atoms with E-state index in [1.54, 1.807) is 11.3 Å². The van der Waals surface area contributed by atoms with Crippen molar-refractivity contribution < 1.29 is 19.7 Å². The Hall–Kier alpha value is -1.05. The summed E-state index contributed by atoms with van der Waals surface area (Å²) in [6.07, 6.45) is 5.83. The summed E-state index contributed by atoms with van der Waals surface area (Å²) >= 11 is 1.61. The molecule has 0 spiro atoms. The molecule has 0 saturated heterocycles. The van der Waals surface area contributed by atoms with Crippen molar-refractivity contribution in [2.45, 2.75) is 78.3 Å². The van der Waals surface area contributed by atoms with E-state index in [1.807, 2.05) is 32.2 Å². The normalized spacial score (nSPS) is 24.0. The van der Waals surface area contributed by atoms with Crippen molar-refractivity contribution in [3.8, 4) is 0 Å². The molecule has 0 amide bonds. The number of aliphatic hydroxyl groups excluding tert-OH is 2. The van der Waals surface area contributed by atoms with Crippen LogP contribution in [-0.2, 0) is 9.47 Å². The van der Waals surface area contributed by atoms with Crippen LogP contribution in [-0.4, -0.2) is 46.4 Å². The van der Waals surface area contributed by atoms with Crippen molar-refractivity contribution >= 4 is 17.4 Å². The monoisotopic (exact) mass is 395 g/mol. The Balaban J connectivity index is 2.00. The van der Waals surface area contributed by atoms with Crippen LogP contribution in [0.1, 0.15) is 57.7 Å². The molecule has 2 unspecified atom stereocenters. The molecule has 1 aromatic heterocycles. The predicted molar refractivity (Wildman–Crippen MR) is 110 cm³/mol. The lowest BCUT2D eigenvalue weighted by Crippen LogP contribution is -2.26. The van der Waals surface area contributed by atoms with Crippen LogP contribution < -0.4 is 0 Å². The SMILES string of the molecule is CC[C@@H](O)[C@@H](C)CC1C=C(C)C(C[C@H](OCO)/C(C)=C/c2csc(C)n2)O1. The van der Waals surface area contributed by atoms with Gasteiger partial charge in [0.15, 0.2) is 0 Å². The largest absolute Gasteiger partial charge is 0.393 e. The van der Waals surface area contributed by atoms with E-state index in [0.29, 0.717) is 6.42 Å². The lowest BCUT2D eigenvalue weighted by molar-refractivity contribution is -0.0593. The molecule has 5 atom stereocenters. The summed E-state index contributed by atoms with van der Waals surface area (Å²) in [6, 6.07) is 0. The van der Waals surface area contributed by atoms with Crippen LogP contribution in [0.15, 0.2) is 22.6 Å². The van der Waals surface area contributed by atoms with E-state index in [-0.39, 0.29) is 37.1 Å². The molecule has 0 bridgehead atoms. The van der Waals surface area contributed by atoms with Crippen LogP contribution in [0.4, 0.5) is 0 Å². The minimum absolute atomic E-state index is 0.0199. The van der Waals surface area contributed by atoms with Crippen molar-refractivity contribution in [2.24, 2.45) is 5.92 Å². The lowest BCUT2D eigenvalue weighted by atomic mass is 9.95. The number of hydrogen-bond donors (Lipinski definition) is 2. The summed E-state index contributed by atoms with van der Waals surface area (Å²) in [5.41, 5.74) is 3.12. The first kappa shape index (κ1) is 22.2. The number of thiazole rings is 1. The zero-order chi connectivity index (χ0) is 20.0. The molecule has 1 aliphatic rings. The van der Waals surface area contributed by atoms with Gasteiger partial charge in [-0.15, -0.1) is 11.3 Å². The van der Waals surface area contributed by atoms with Crippen LogP contribution >= 0.6 is 11.3 Å². The van der Waals surface area contributed by atoms with Crippen molar-refractivity contribution in [3.63, 3.8) is 0 Å². The summed E-state index contributed by atoms with van der Waals surface area (Å²) in [5, 5.41) is 22.4. The Bertz CT molecular complexity index is 654. The smallest absolute Gasteiger partial charge is 0.144 e. The van der Waals surface area contributed by atoms with Crippen LogP contribution in [0.2, 0.25) is 0 Å². The van der Waals surface area contributed by atoms with Gasteiger partial charge < -0.3 is 19.7 Å².